The lowest BCUT2D eigenvalue weighted by Gasteiger charge is -2.16. The molecule has 1 aromatic carbocycles. The lowest BCUT2D eigenvalue weighted by Crippen LogP contribution is -2.33. The Labute approximate surface area is 123 Å². The number of unbranched alkanes of at least 4 members (excludes halogenated alkanes) is 2. The molecule has 0 bridgehead atoms. The van der Waals surface area contributed by atoms with Crippen LogP contribution in [0.1, 0.15) is 69.4 Å². The number of hydrogen-bond donors (Lipinski definition) is 1. The van der Waals surface area contributed by atoms with Crippen LogP contribution in [0, 0.1) is 0 Å². The van der Waals surface area contributed by atoms with E-state index < -0.39 is 0 Å². The van der Waals surface area contributed by atoms with Gasteiger partial charge in [0, 0.05) is 12.5 Å². The molecule has 1 aromatic rings. The maximum absolute atomic E-state index is 12.1. The fourth-order valence-electron chi connectivity index (χ4n) is 3.19. The molecule has 1 aliphatic rings. The van der Waals surface area contributed by atoms with Crippen molar-refractivity contribution in [1.29, 1.82) is 0 Å². The Kier molecular flexibility index (Phi) is 5.63. The van der Waals surface area contributed by atoms with Crippen LogP contribution in [0.15, 0.2) is 24.3 Å². The number of benzene rings is 1. The van der Waals surface area contributed by atoms with E-state index in [1.165, 1.54) is 30.4 Å². The van der Waals surface area contributed by atoms with E-state index in [4.69, 9.17) is 0 Å². The molecule has 1 amide bonds. The standard InChI is InChI=1S/C18H27NO/c1-3-4-5-8-14(2)19-18(20)13-16-12-11-15-9-6-7-10-17(15)16/h6-7,9-10,14,16H,3-5,8,11-13H2,1-2H3,(H,19,20). The second-order valence-electron chi connectivity index (χ2n) is 6.10. The van der Waals surface area contributed by atoms with E-state index in [1.54, 1.807) is 0 Å². The van der Waals surface area contributed by atoms with E-state index in [-0.39, 0.29) is 5.91 Å². The molecular weight excluding hydrogens is 246 g/mol. The normalized spacial score (nSPS) is 18.6. The molecule has 0 saturated carbocycles. The lowest BCUT2D eigenvalue weighted by molar-refractivity contribution is -0.122. The van der Waals surface area contributed by atoms with Crippen molar-refractivity contribution >= 4 is 5.91 Å². The van der Waals surface area contributed by atoms with Crippen molar-refractivity contribution in [3.05, 3.63) is 35.4 Å². The van der Waals surface area contributed by atoms with Crippen LogP contribution in [-0.2, 0) is 11.2 Å². The minimum atomic E-state index is 0.218. The van der Waals surface area contributed by atoms with Crippen molar-refractivity contribution in [1.82, 2.24) is 5.32 Å². The Balaban J connectivity index is 1.78. The zero-order valence-electron chi connectivity index (χ0n) is 12.8. The van der Waals surface area contributed by atoms with Gasteiger partial charge in [0.25, 0.3) is 0 Å². The van der Waals surface area contributed by atoms with Crippen molar-refractivity contribution in [3.8, 4) is 0 Å². The highest BCUT2D eigenvalue weighted by molar-refractivity contribution is 5.77. The average Bonchev–Trinajstić information content (AvgIpc) is 2.82. The van der Waals surface area contributed by atoms with Crippen LogP contribution < -0.4 is 5.32 Å². The van der Waals surface area contributed by atoms with Crippen molar-refractivity contribution in [2.45, 2.75) is 70.8 Å². The third-order valence-electron chi connectivity index (χ3n) is 4.34. The summed E-state index contributed by atoms with van der Waals surface area (Å²) in [5.74, 6) is 0.643. The minimum Gasteiger partial charge on any atom is -0.354 e. The molecule has 0 radical (unpaired) electrons. The molecule has 20 heavy (non-hydrogen) atoms. The minimum absolute atomic E-state index is 0.218. The molecule has 2 nitrogen and oxygen atoms in total. The highest BCUT2D eigenvalue weighted by Gasteiger charge is 2.24. The highest BCUT2D eigenvalue weighted by Crippen LogP contribution is 2.35. The van der Waals surface area contributed by atoms with Crippen molar-refractivity contribution in [2.24, 2.45) is 0 Å². The molecule has 2 atom stereocenters. The van der Waals surface area contributed by atoms with E-state index in [0.717, 1.165) is 19.3 Å². The first-order chi connectivity index (χ1) is 9.70. The van der Waals surface area contributed by atoms with Crippen LogP contribution in [0.4, 0.5) is 0 Å². The molecule has 1 aliphatic carbocycles. The van der Waals surface area contributed by atoms with E-state index >= 15 is 0 Å². The van der Waals surface area contributed by atoms with Gasteiger partial charge in [0.1, 0.15) is 0 Å². The molecule has 1 N–H and O–H groups in total. The summed E-state index contributed by atoms with van der Waals surface area (Å²) in [5, 5.41) is 3.16. The maximum atomic E-state index is 12.1. The third-order valence-corrected chi connectivity index (χ3v) is 4.34. The molecule has 0 heterocycles. The van der Waals surface area contributed by atoms with Crippen molar-refractivity contribution < 1.29 is 4.79 Å². The first-order valence-electron chi connectivity index (χ1n) is 8.08. The van der Waals surface area contributed by atoms with Crippen LogP contribution >= 0.6 is 0 Å². The Morgan fingerprint density at radius 2 is 2.15 bits per heavy atom. The van der Waals surface area contributed by atoms with Gasteiger partial charge < -0.3 is 5.32 Å². The molecule has 2 rings (SSSR count). The summed E-state index contributed by atoms with van der Waals surface area (Å²) in [4.78, 5) is 12.1. The molecule has 0 fully saturated rings. The van der Waals surface area contributed by atoms with Crippen LogP contribution in [0.25, 0.3) is 0 Å². The highest BCUT2D eigenvalue weighted by atomic mass is 16.1. The van der Waals surface area contributed by atoms with Gasteiger partial charge in [-0.25, -0.2) is 0 Å². The summed E-state index contributed by atoms with van der Waals surface area (Å²) in [7, 11) is 0. The summed E-state index contributed by atoms with van der Waals surface area (Å²) >= 11 is 0. The monoisotopic (exact) mass is 273 g/mol. The van der Waals surface area contributed by atoms with E-state index in [0.29, 0.717) is 18.4 Å². The number of aryl methyl sites for hydroxylation is 1. The van der Waals surface area contributed by atoms with Gasteiger partial charge in [0.2, 0.25) is 5.91 Å². The van der Waals surface area contributed by atoms with Crippen molar-refractivity contribution in [2.75, 3.05) is 0 Å². The fraction of sp³-hybridized carbons (Fsp3) is 0.611. The number of hydrogen-bond acceptors (Lipinski definition) is 1. The summed E-state index contributed by atoms with van der Waals surface area (Å²) in [6.07, 6.45) is 7.70. The van der Waals surface area contributed by atoms with Crippen LogP contribution in [-0.4, -0.2) is 11.9 Å². The van der Waals surface area contributed by atoms with E-state index in [9.17, 15) is 4.79 Å². The second kappa shape index (κ2) is 7.47. The number of carbonyl (C=O) groups is 1. The van der Waals surface area contributed by atoms with Gasteiger partial charge in [0.05, 0.1) is 0 Å². The summed E-state index contributed by atoms with van der Waals surface area (Å²) in [6, 6.07) is 8.87. The van der Waals surface area contributed by atoms with E-state index in [2.05, 4.69) is 43.4 Å². The predicted octanol–water partition coefficient (Wildman–Crippen LogP) is 4.19. The number of nitrogens with one attached hydrogen (secondary N) is 1. The smallest absolute Gasteiger partial charge is 0.220 e. The predicted molar refractivity (Wildman–Crippen MR) is 83.9 cm³/mol. The van der Waals surface area contributed by atoms with Gasteiger partial charge in [-0.3, -0.25) is 4.79 Å². The lowest BCUT2D eigenvalue weighted by atomic mass is 9.97. The molecule has 0 saturated heterocycles. The average molecular weight is 273 g/mol. The Morgan fingerprint density at radius 1 is 1.35 bits per heavy atom. The topological polar surface area (TPSA) is 29.1 Å². The van der Waals surface area contributed by atoms with Gasteiger partial charge >= 0.3 is 0 Å². The molecule has 2 heteroatoms. The summed E-state index contributed by atoms with van der Waals surface area (Å²) in [5.41, 5.74) is 2.82. The second-order valence-corrected chi connectivity index (χ2v) is 6.10. The Morgan fingerprint density at radius 3 is 2.95 bits per heavy atom. The van der Waals surface area contributed by atoms with E-state index in [1.807, 2.05) is 0 Å². The van der Waals surface area contributed by atoms with Gasteiger partial charge in [-0.05, 0) is 43.2 Å². The van der Waals surface area contributed by atoms with Crippen LogP contribution in [0.5, 0.6) is 0 Å². The third kappa shape index (κ3) is 4.09. The molecule has 2 unspecified atom stereocenters. The summed E-state index contributed by atoms with van der Waals surface area (Å²) < 4.78 is 0. The first kappa shape index (κ1) is 15.1. The largest absolute Gasteiger partial charge is 0.354 e. The zero-order valence-corrected chi connectivity index (χ0v) is 12.8. The van der Waals surface area contributed by atoms with Gasteiger partial charge in [-0.15, -0.1) is 0 Å². The quantitative estimate of drug-likeness (QED) is 0.741. The summed E-state index contributed by atoms with van der Waals surface area (Å²) in [6.45, 7) is 4.33. The zero-order chi connectivity index (χ0) is 14.4. The SMILES string of the molecule is CCCCCC(C)NC(=O)CC1CCc2ccccc21. The first-order valence-corrected chi connectivity index (χ1v) is 8.08. The molecule has 0 spiro atoms. The van der Waals surface area contributed by atoms with Crippen LogP contribution in [0.2, 0.25) is 0 Å². The molecule has 0 aromatic heterocycles. The van der Waals surface area contributed by atoms with Gasteiger partial charge in [-0.1, -0.05) is 50.5 Å². The maximum Gasteiger partial charge on any atom is 0.220 e. The molecular formula is C18H27NO. The molecule has 0 aliphatic heterocycles. The van der Waals surface area contributed by atoms with Crippen molar-refractivity contribution in [3.63, 3.8) is 0 Å². The number of rotatable bonds is 7. The fourth-order valence-corrected chi connectivity index (χ4v) is 3.19. The van der Waals surface area contributed by atoms with Gasteiger partial charge in [0.15, 0.2) is 0 Å². The van der Waals surface area contributed by atoms with Gasteiger partial charge in [-0.2, -0.15) is 0 Å². The Bertz CT molecular complexity index is 441. The Hall–Kier alpha value is -1.31. The number of amides is 1. The number of carbonyl (C=O) groups excluding carboxylic acids is 1. The molecule has 110 valence electrons. The number of fused-ring (bicyclic) bond motifs is 1. The van der Waals surface area contributed by atoms with Crippen LogP contribution in [0.3, 0.4) is 0 Å².